The molecule has 0 amide bonds. The Balaban J connectivity index is 0. The van der Waals surface area contributed by atoms with Crippen LogP contribution in [0.2, 0.25) is 0 Å². The summed E-state index contributed by atoms with van der Waals surface area (Å²) in [4.78, 5) is 18.4. The second-order valence-corrected chi connectivity index (χ2v) is 1.20. The molecule has 0 aromatic rings. The average molecular weight is 149 g/mol. The molecule has 0 saturated heterocycles. The van der Waals surface area contributed by atoms with Crippen molar-refractivity contribution in [3.63, 3.8) is 0 Å². The SMILES string of the molecule is O=C(O)CC[N+](=O)[O-].[AlH3]. The molecular weight excluding hydrogens is 141 g/mol. The summed E-state index contributed by atoms with van der Waals surface area (Å²) >= 11 is 0. The molecule has 6 heteroatoms. The highest BCUT2D eigenvalue weighted by Gasteiger charge is 2.01. The molecule has 0 aromatic carbocycles. The van der Waals surface area contributed by atoms with E-state index in [0.29, 0.717) is 0 Å². The van der Waals surface area contributed by atoms with Gasteiger partial charge in [-0.3, -0.25) is 14.9 Å². The third-order valence-electron chi connectivity index (χ3n) is 0.508. The fourth-order valence-corrected chi connectivity index (χ4v) is 0.187. The maximum absolute atomic E-state index is 9.60. The molecule has 0 radical (unpaired) electrons. The lowest BCUT2D eigenvalue weighted by molar-refractivity contribution is -0.478. The van der Waals surface area contributed by atoms with Crippen molar-refractivity contribution in [1.29, 1.82) is 0 Å². The van der Waals surface area contributed by atoms with E-state index in [9.17, 15) is 14.9 Å². The number of nitro groups is 1. The number of rotatable bonds is 3. The number of hydrogen-bond acceptors (Lipinski definition) is 3. The van der Waals surface area contributed by atoms with Crippen LogP contribution in [0.1, 0.15) is 6.42 Å². The minimum Gasteiger partial charge on any atom is -0.481 e. The standard InChI is InChI=1S/C3H5NO4.Al.3H/c5-3(6)1-2-4(7)8;;;;/h1-2H2,(H,5,6);;;;. The lowest BCUT2D eigenvalue weighted by Crippen LogP contribution is -2.06. The van der Waals surface area contributed by atoms with Gasteiger partial charge in [0, 0.05) is 4.92 Å². The summed E-state index contributed by atoms with van der Waals surface area (Å²) < 4.78 is 0. The van der Waals surface area contributed by atoms with Gasteiger partial charge >= 0.3 is 5.97 Å². The zero-order valence-corrected chi connectivity index (χ0v) is 4.03. The van der Waals surface area contributed by atoms with E-state index in [1.54, 1.807) is 0 Å². The van der Waals surface area contributed by atoms with E-state index in [1.807, 2.05) is 0 Å². The summed E-state index contributed by atoms with van der Waals surface area (Å²) in [6, 6.07) is 0. The van der Waals surface area contributed by atoms with Crippen LogP contribution in [-0.2, 0) is 4.79 Å². The van der Waals surface area contributed by atoms with Crippen LogP contribution >= 0.6 is 0 Å². The Morgan fingerprint density at radius 1 is 1.67 bits per heavy atom. The number of hydrogen-bond donors (Lipinski definition) is 1. The quantitative estimate of drug-likeness (QED) is 0.302. The molecule has 9 heavy (non-hydrogen) atoms. The van der Waals surface area contributed by atoms with Crippen LogP contribution in [0.4, 0.5) is 0 Å². The first-order valence-corrected chi connectivity index (χ1v) is 1.96. The van der Waals surface area contributed by atoms with E-state index < -0.39 is 23.9 Å². The van der Waals surface area contributed by atoms with Crippen molar-refractivity contribution in [3.8, 4) is 0 Å². The molecule has 0 spiro atoms. The van der Waals surface area contributed by atoms with Crippen molar-refractivity contribution in [2.75, 3.05) is 6.54 Å². The Hall–Kier alpha value is -0.598. The predicted octanol–water partition coefficient (Wildman–Crippen LogP) is -1.45. The maximum atomic E-state index is 9.60. The highest BCUT2D eigenvalue weighted by Crippen LogP contribution is 1.77. The minimum atomic E-state index is -1.14. The van der Waals surface area contributed by atoms with E-state index in [1.165, 1.54) is 0 Å². The molecule has 1 N–H and O–H groups in total. The summed E-state index contributed by atoms with van der Waals surface area (Å²) in [6.45, 7) is -0.491. The minimum absolute atomic E-state index is 0. The Morgan fingerprint density at radius 3 is 2.22 bits per heavy atom. The van der Waals surface area contributed by atoms with Gasteiger partial charge in [-0.05, 0) is 0 Å². The van der Waals surface area contributed by atoms with E-state index in [0.717, 1.165) is 0 Å². The van der Waals surface area contributed by atoms with Crippen molar-refractivity contribution in [3.05, 3.63) is 10.1 Å². The molecule has 0 atom stereocenters. The molecule has 0 aromatic heterocycles. The monoisotopic (exact) mass is 149 g/mol. The highest BCUT2D eigenvalue weighted by molar-refractivity contribution is 5.75. The van der Waals surface area contributed by atoms with Gasteiger partial charge < -0.3 is 5.11 Å². The summed E-state index contributed by atoms with van der Waals surface area (Å²) in [6.07, 6.45) is -0.396. The van der Waals surface area contributed by atoms with Crippen LogP contribution in [0.15, 0.2) is 0 Å². The molecule has 0 unspecified atom stereocenters. The third kappa shape index (κ3) is 11.1. The van der Waals surface area contributed by atoms with Crippen molar-refractivity contribution < 1.29 is 14.8 Å². The molecule has 52 valence electrons. The maximum Gasteiger partial charge on any atom is 0.310 e. The summed E-state index contributed by atoms with van der Waals surface area (Å²) in [7, 11) is 0. The number of carboxylic acid groups (broad SMARTS) is 1. The normalized spacial score (nSPS) is 7.56. The molecule has 0 aliphatic rings. The van der Waals surface area contributed by atoms with Gasteiger partial charge in [-0.15, -0.1) is 0 Å². The zero-order valence-electron chi connectivity index (χ0n) is 4.03. The van der Waals surface area contributed by atoms with Gasteiger partial charge in [0.25, 0.3) is 0 Å². The molecule has 0 rings (SSSR count). The van der Waals surface area contributed by atoms with E-state index in [4.69, 9.17) is 5.11 Å². The van der Waals surface area contributed by atoms with E-state index in [-0.39, 0.29) is 17.4 Å². The van der Waals surface area contributed by atoms with E-state index in [2.05, 4.69) is 0 Å². The van der Waals surface area contributed by atoms with E-state index >= 15 is 0 Å². The van der Waals surface area contributed by atoms with Crippen molar-refractivity contribution in [1.82, 2.24) is 0 Å². The first kappa shape index (κ1) is 11.2. The van der Waals surface area contributed by atoms with Crippen LogP contribution in [0, 0.1) is 10.1 Å². The van der Waals surface area contributed by atoms with Gasteiger partial charge in [-0.1, -0.05) is 0 Å². The van der Waals surface area contributed by atoms with Gasteiger partial charge in [-0.25, -0.2) is 0 Å². The highest BCUT2D eigenvalue weighted by atomic mass is 27.0. The molecule has 0 aliphatic heterocycles. The Kier molecular flexibility index (Phi) is 6.91. The summed E-state index contributed by atoms with van der Waals surface area (Å²) in [5.74, 6) is -1.14. The topological polar surface area (TPSA) is 80.4 Å². The summed E-state index contributed by atoms with van der Waals surface area (Å²) in [5.41, 5.74) is 0. The van der Waals surface area contributed by atoms with Crippen LogP contribution < -0.4 is 0 Å². The molecule has 5 nitrogen and oxygen atoms in total. The summed E-state index contributed by atoms with van der Waals surface area (Å²) in [5, 5.41) is 17.3. The predicted molar refractivity (Wildman–Crippen MR) is 34.1 cm³/mol. The first-order chi connectivity index (χ1) is 3.63. The second-order valence-electron chi connectivity index (χ2n) is 1.20. The number of aliphatic carboxylic acids is 1. The van der Waals surface area contributed by atoms with Crippen molar-refractivity contribution in [2.45, 2.75) is 6.42 Å². The largest absolute Gasteiger partial charge is 0.481 e. The fourth-order valence-electron chi connectivity index (χ4n) is 0.187. The van der Waals surface area contributed by atoms with Gasteiger partial charge in [0.1, 0.15) is 6.42 Å². The van der Waals surface area contributed by atoms with Gasteiger partial charge in [0.2, 0.25) is 6.54 Å². The smallest absolute Gasteiger partial charge is 0.310 e. The molecule has 0 heterocycles. The lowest BCUT2D eigenvalue weighted by atomic mass is 10.4. The molecular formula is C3H8AlNO4. The third-order valence-corrected chi connectivity index (χ3v) is 0.508. The molecule has 0 fully saturated rings. The van der Waals surface area contributed by atoms with Crippen LogP contribution in [-0.4, -0.2) is 39.9 Å². The Morgan fingerprint density at radius 2 is 2.11 bits per heavy atom. The fraction of sp³-hybridized carbons (Fsp3) is 0.667. The Labute approximate surface area is 62.0 Å². The number of carbonyl (C=O) groups is 1. The van der Waals surface area contributed by atoms with Crippen molar-refractivity contribution >= 4 is 23.3 Å². The van der Waals surface area contributed by atoms with Gasteiger partial charge in [0.15, 0.2) is 17.4 Å². The number of nitrogens with zero attached hydrogens (tertiary/aromatic N) is 1. The van der Waals surface area contributed by atoms with Gasteiger partial charge in [-0.2, -0.15) is 0 Å². The second kappa shape index (κ2) is 5.54. The zero-order chi connectivity index (χ0) is 6.57. The van der Waals surface area contributed by atoms with Crippen LogP contribution in [0.3, 0.4) is 0 Å². The number of carboxylic acids is 1. The lowest BCUT2D eigenvalue weighted by Gasteiger charge is -1.84. The molecule has 0 bridgehead atoms. The molecule has 0 saturated carbocycles. The first-order valence-electron chi connectivity index (χ1n) is 1.96. The Bertz CT molecular complexity index is 100. The van der Waals surface area contributed by atoms with Gasteiger partial charge in [0.05, 0.1) is 0 Å². The van der Waals surface area contributed by atoms with Crippen molar-refractivity contribution in [2.24, 2.45) is 0 Å². The van der Waals surface area contributed by atoms with Crippen LogP contribution in [0.25, 0.3) is 0 Å². The molecule has 0 aliphatic carbocycles. The average Bonchev–Trinajstić information content (AvgIpc) is 1.61. The van der Waals surface area contributed by atoms with Crippen LogP contribution in [0.5, 0.6) is 0 Å².